The molecule has 1 heterocycles. The third kappa shape index (κ3) is 3.05. The van der Waals surface area contributed by atoms with Crippen LogP contribution in [-0.2, 0) is 9.47 Å². The van der Waals surface area contributed by atoms with E-state index in [2.05, 4.69) is 6.58 Å². The SMILES string of the molecule is C=C/C=C\C=C1/COCCO1. The average Bonchev–Trinajstić information content (AvgIpc) is 2.07. The van der Waals surface area contributed by atoms with Crippen LogP contribution in [0, 0.1) is 0 Å². The largest absolute Gasteiger partial charge is 0.493 e. The zero-order valence-electron chi connectivity index (χ0n) is 6.45. The molecule has 0 N–H and O–H groups in total. The quantitative estimate of drug-likeness (QED) is 0.560. The molecule has 0 aliphatic carbocycles. The van der Waals surface area contributed by atoms with Gasteiger partial charge >= 0.3 is 0 Å². The first-order valence-corrected chi connectivity index (χ1v) is 3.62. The fourth-order valence-corrected chi connectivity index (χ4v) is 0.784. The molecule has 0 atom stereocenters. The molecule has 1 aliphatic heterocycles. The minimum absolute atomic E-state index is 0.585. The predicted molar refractivity (Wildman–Crippen MR) is 44.2 cm³/mol. The van der Waals surface area contributed by atoms with Crippen molar-refractivity contribution in [2.24, 2.45) is 0 Å². The molecule has 0 spiro atoms. The van der Waals surface area contributed by atoms with Crippen LogP contribution in [0.5, 0.6) is 0 Å². The van der Waals surface area contributed by atoms with Crippen molar-refractivity contribution in [1.82, 2.24) is 0 Å². The summed E-state index contributed by atoms with van der Waals surface area (Å²) in [4.78, 5) is 0. The molecule has 0 aromatic heterocycles. The lowest BCUT2D eigenvalue weighted by Gasteiger charge is -2.15. The summed E-state index contributed by atoms with van der Waals surface area (Å²) >= 11 is 0. The summed E-state index contributed by atoms with van der Waals surface area (Å²) in [6, 6.07) is 0. The maximum absolute atomic E-state index is 5.28. The van der Waals surface area contributed by atoms with Crippen LogP contribution >= 0.6 is 0 Å². The second-order valence-electron chi connectivity index (χ2n) is 2.15. The van der Waals surface area contributed by atoms with Gasteiger partial charge in [0.2, 0.25) is 0 Å². The Balaban J connectivity index is 2.37. The maximum Gasteiger partial charge on any atom is 0.122 e. The van der Waals surface area contributed by atoms with Crippen molar-refractivity contribution in [2.75, 3.05) is 19.8 Å². The van der Waals surface area contributed by atoms with Gasteiger partial charge in [0, 0.05) is 0 Å². The summed E-state index contributed by atoms with van der Waals surface area (Å²) in [6.45, 7) is 5.50. The summed E-state index contributed by atoms with van der Waals surface area (Å²) in [7, 11) is 0. The van der Waals surface area contributed by atoms with E-state index in [9.17, 15) is 0 Å². The molecule has 0 saturated carbocycles. The first-order chi connectivity index (χ1) is 5.43. The Morgan fingerprint density at radius 1 is 1.27 bits per heavy atom. The Labute approximate surface area is 66.8 Å². The zero-order valence-corrected chi connectivity index (χ0v) is 6.45. The lowest BCUT2D eigenvalue weighted by atomic mass is 10.4. The van der Waals surface area contributed by atoms with E-state index in [4.69, 9.17) is 9.47 Å². The number of hydrogen-bond acceptors (Lipinski definition) is 2. The molecule has 1 aliphatic rings. The summed E-state index contributed by atoms with van der Waals surface area (Å²) in [5.41, 5.74) is 0. The lowest BCUT2D eigenvalue weighted by molar-refractivity contribution is 0.0135. The number of rotatable bonds is 2. The van der Waals surface area contributed by atoms with Crippen molar-refractivity contribution in [1.29, 1.82) is 0 Å². The third-order valence-corrected chi connectivity index (χ3v) is 1.29. The van der Waals surface area contributed by atoms with Crippen LogP contribution in [-0.4, -0.2) is 19.8 Å². The van der Waals surface area contributed by atoms with Gasteiger partial charge in [0.1, 0.15) is 19.0 Å². The van der Waals surface area contributed by atoms with Gasteiger partial charge in [-0.1, -0.05) is 24.8 Å². The fourth-order valence-electron chi connectivity index (χ4n) is 0.784. The van der Waals surface area contributed by atoms with E-state index >= 15 is 0 Å². The van der Waals surface area contributed by atoms with Gasteiger partial charge in [0.05, 0.1) is 6.61 Å². The third-order valence-electron chi connectivity index (χ3n) is 1.29. The van der Waals surface area contributed by atoms with E-state index in [1.165, 1.54) is 0 Å². The molecule has 60 valence electrons. The highest BCUT2D eigenvalue weighted by atomic mass is 16.6. The van der Waals surface area contributed by atoms with Gasteiger partial charge in [-0.25, -0.2) is 0 Å². The average molecular weight is 152 g/mol. The molecule has 11 heavy (non-hydrogen) atoms. The van der Waals surface area contributed by atoms with E-state index in [0.717, 1.165) is 5.76 Å². The molecule has 2 nitrogen and oxygen atoms in total. The van der Waals surface area contributed by atoms with Crippen molar-refractivity contribution in [3.63, 3.8) is 0 Å². The molecule has 1 rings (SSSR count). The van der Waals surface area contributed by atoms with Crippen LogP contribution in [0.25, 0.3) is 0 Å². The Hall–Kier alpha value is -1.02. The minimum atomic E-state index is 0.585. The standard InChI is InChI=1S/C9H12O2/c1-2-3-4-5-9-8-10-6-7-11-9/h2-5H,1,6-8H2/b4-3-,9-5+. The van der Waals surface area contributed by atoms with Crippen molar-refractivity contribution >= 4 is 0 Å². The van der Waals surface area contributed by atoms with Gasteiger partial charge in [-0.05, 0) is 6.08 Å². The van der Waals surface area contributed by atoms with Gasteiger partial charge in [-0.15, -0.1) is 0 Å². The first-order valence-electron chi connectivity index (χ1n) is 3.62. The monoisotopic (exact) mass is 152 g/mol. The molecule has 0 bridgehead atoms. The minimum Gasteiger partial charge on any atom is -0.493 e. The normalized spacial score (nSPS) is 22.0. The summed E-state index contributed by atoms with van der Waals surface area (Å²) < 4.78 is 10.4. The van der Waals surface area contributed by atoms with Crippen molar-refractivity contribution in [3.8, 4) is 0 Å². The zero-order chi connectivity index (χ0) is 7.94. The molecule has 1 saturated heterocycles. The molecule has 0 amide bonds. The van der Waals surface area contributed by atoms with Gasteiger partial charge in [0.15, 0.2) is 0 Å². The van der Waals surface area contributed by atoms with E-state index in [1.807, 2.05) is 18.2 Å². The topological polar surface area (TPSA) is 18.5 Å². The van der Waals surface area contributed by atoms with E-state index in [1.54, 1.807) is 6.08 Å². The Kier molecular flexibility index (Phi) is 3.48. The van der Waals surface area contributed by atoms with Crippen LogP contribution < -0.4 is 0 Å². The summed E-state index contributed by atoms with van der Waals surface area (Å²) in [5.74, 6) is 0.884. The molecular formula is C9H12O2. The van der Waals surface area contributed by atoms with Crippen molar-refractivity contribution in [3.05, 3.63) is 36.6 Å². The lowest BCUT2D eigenvalue weighted by Crippen LogP contribution is -2.15. The number of hydrogen-bond donors (Lipinski definition) is 0. The molecular weight excluding hydrogens is 140 g/mol. The van der Waals surface area contributed by atoms with Gasteiger partial charge < -0.3 is 9.47 Å². The first kappa shape index (κ1) is 8.08. The predicted octanol–water partition coefficient (Wildman–Crippen LogP) is 1.66. The van der Waals surface area contributed by atoms with Gasteiger partial charge in [0.25, 0.3) is 0 Å². The Bertz CT molecular complexity index is 172. The highest BCUT2D eigenvalue weighted by Crippen LogP contribution is 2.03. The smallest absolute Gasteiger partial charge is 0.122 e. The Morgan fingerprint density at radius 2 is 2.18 bits per heavy atom. The molecule has 0 aromatic carbocycles. The van der Waals surface area contributed by atoms with Gasteiger partial charge in [-0.3, -0.25) is 0 Å². The fraction of sp³-hybridized carbons (Fsp3) is 0.333. The van der Waals surface area contributed by atoms with Crippen LogP contribution in [0.15, 0.2) is 36.6 Å². The molecule has 0 unspecified atom stereocenters. The van der Waals surface area contributed by atoms with Gasteiger partial charge in [-0.2, -0.15) is 0 Å². The van der Waals surface area contributed by atoms with Crippen molar-refractivity contribution in [2.45, 2.75) is 0 Å². The van der Waals surface area contributed by atoms with E-state index < -0.39 is 0 Å². The highest BCUT2D eigenvalue weighted by Gasteiger charge is 2.03. The van der Waals surface area contributed by atoms with E-state index in [-0.39, 0.29) is 0 Å². The van der Waals surface area contributed by atoms with Crippen LogP contribution in [0.4, 0.5) is 0 Å². The van der Waals surface area contributed by atoms with Crippen LogP contribution in [0.1, 0.15) is 0 Å². The highest BCUT2D eigenvalue weighted by molar-refractivity contribution is 5.12. The number of allylic oxidation sites excluding steroid dienone is 4. The van der Waals surface area contributed by atoms with E-state index in [0.29, 0.717) is 19.8 Å². The van der Waals surface area contributed by atoms with Crippen LogP contribution in [0.3, 0.4) is 0 Å². The maximum atomic E-state index is 5.28. The second kappa shape index (κ2) is 4.74. The molecule has 0 radical (unpaired) electrons. The molecule has 2 heteroatoms. The number of ether oxygens (including phenoxy) is 2. The summed E-state index contributed by atoms with van der Waals surface area (Å²) in [6.07, 6.45) is 7.35. The van der Waals surface area contributed by atoms with Crippen molar-refractivity contribution < 1.29 is 9.47 Å². The summed E-state index contributed by atoms with van der Waals surface area (Å²) in [5, 5.41) is 0. The Morgan fingerprint density at radius 3 is 2.82 bits per heavy atom. The molecule has 1 fully saturated rings. The van der Waals surface area contributed by atoms with Crippen LogP contribution in [0.2, 0.25) is 0 Å². The molecule has 0 aromatic rings. The second-order valence-corrected chi connectivity index (χ2v) is 2.15.